The average Bonchev–Trinajstić information content (AvgIpc) is 2.58. The molecular formula is C20H26N2O4. The van der Waals surface area contributed by atoms with Crippen LogP contribution in [0.3, 0.4) is 0 Å². The molecule has 0 radical (unpaired) electrons. The zero-order valence-corrected chi connectivity index (χ0v) is 15.9. The Morgan fingerprint density at radius 2 is 1.88 bits per heavy atom. The maximum atomic E-state index is 12.1. The zero-order valence-electron chi connectivity index (χ0n) is 15.9. The molecule has 140 valence electrons. The lowest BCUT2D eigenvalue weighted by atomic mass is 10.1. The van der Waals surface area contributed by atoms with Gasteiger partial charge in [-0.25, -0.2) is 4.79 Å². The fourth-order valence-corrected chi connectivity index (χ4v) is 2.35. The molecule has 1 atom stereocenters. The second-order valence-corrected chi connectivity index (χ2v) is 6.88. The molecule has 2 rings (SSSR count). The van der Waals surface area contributed by atoms with Crippen LogP contribution < -0.4 is 10.1 Å². The number of benzene rings is 1. The van der Waals surface area contributed by atoms with Crippen LogP contribution in [0, 0.1) is 0 Å². The molecule has 1 N–H and O–H groups in total. The van der Waals surface area contributed by atoms with Crippen LogP contribution in [0.25, 0.3) is 0 Å². The number of hydrogen-bond acceptors (Lipinski definition) is 5. The summed E-state index contributed by atoms with van der Waals surface area (Å²) in [5.41, 5.74) is 1.66. The van der Waals surface area contributed by atoms with Crippen LogP contribution in [-0.2, 0) is 16.1 Å². The van der Waals surface area contributed by atoms with Crippen LogP contribution in [0.2, 0.25) is 0 Å². The highest BCUT2D eigenvalue weighted by atomic mass is 16.6. The van der Waals surface area contributed by atoms with Crippen molar-refractivity contribution in [2.45, 2.75) is 46.0 Å². The number of anilines is 1. The van der Waals surface area contributed by atoms with Crippen molar-refractivity contribution in [1.29, 1.82) is 0 Å². The molecule has 6 nitrogen and oxygen atoms in total. The number of pyridine rings is 1. The molecule has 1 heterocycles. The Bertz CT molecular complexity index is 726. The van der Waals surface area contributed by atoms with Gasteiger partial charge in [-0.15, -0.1) is 0 Å². The van der Waals surface area contributed by atoms with Gasteiger partial charge in [0.15, 0.2) is 0 Å². The Labute approximate surface area is 154 Å². The SMILES string of the molecule is COC(C)c1c(NC(=O)OC(C)(C)C)cncc1OCc1ccccc1. The molecular weight excluding hydrogens is 332 g/mol. The molecule has 0 aliphatic carbocycles. The van der Waals surface area contributed by atoms with E-state index in [4.69, 9.17) is 14.2 Å². The minimum absolute atomic E-state index is 0.297. The van der Waals surface area contributed by atoms with E-state index in [9.17, 15) is 4.79 Å². The Hall–Kier alpha value is -2.60. The highest BCUT2D eigenvalue weighted by Gasteiger charge is 2.21. The van der Waals surface area contributed by atoms with Crippen molar-refractivity contribution in [2.24, 2.45) is 0 Å². The van der Waals surface area contributed by atoms with Crippen molar-refractivity contribution in [3.05, 3.63) is 53.9 Å². The fourth-order valence-electron chi connectivity index (χ4n) is 2.35. The molecule has 1 unspecified atom stereocenters. The van der Waals surface area contributed by atoms with Crippen molar-refractivity contribution >= 4 is 11.8 Å². The Morgan fingerprint density at radius 3 is 2.50 bits per heavy atom. The molecule has 0 saturated carbocycles. The third-order valence-electron chi connectivity index (χ3n) is 3.58. The summed E-state index contributed by atoms with van der Waals surface area (Å²) in [5.74, 6) is 0.553. The number of rotatable bonds is 6. The third kappa shape index (κ3) is 5.74. The summed E-state index contributed by atoms with van der Waals surface area (Å²) in [4.78, 5) is 16.3. The number of aromatic nitrogens is 1. The topological polar surface area (TPSA) is 69.7 Å². The summed E-state index contributed by atoms with van der Waals surface area (Å²) in [5, 5.41) is 2.74. The van der Waals surface area contributed by atoms with Gasteiger partial charge in [0.1, 0.15) is 18.0 Å². The van der Waals surface area contributed by atoms with Gasteiger partial charge in [-0.1, -0.05) is 30.3 Å². The predicted octanol–water partition coefficient (Wildman–Crippen LogP) is 4.72. The molecule has 0 bridgehead atoms. The van der Waals surface area contributed by atoms with Gasteiger partial charge in [-0.3, -0.25) is 10.3 Å². The van der Waals surface area contributed by atoms with Crippen LogP contribution in [-0.4, -0.2) is 23.8 Å². The Morgan fingerprint density at radius 1 is 1.19 bits per heavy atom. The smallest absolute Gasteiger partial charge is 0.412 e. The molecule has 0 fully saturated rings. The third-order valence-corrected chi connectivity index (χ3v) is 3.58. The van der Waals surface area contributed by atoms with E-state index < -0.39 is 11.7 Å². The molecule has 0 saturated heterocycles. The van der Waals surface area contributed by atoms with Crippen molar-refractivity contribution in [2.75, 3.05) is 12.4 Å². The largest absolute Gasteiger partial charge is 0.487 e. The molecule has 0 aliphatic heterocycles. The fraction of sp³-hybridized carbons (Fsp3) is 0.400. The maximum Gasteiger partial charge on any atom is 0.412 e. The van der Waals surface area contributed by atoms with Gasteiger partial charge in [0.2, 0.25) is 0 Å². The van der Waals surface area contributed by atoms with Crippen molar-refractivity contribution in [1.82, 2.24) is 4.98 Å². The first-order valence-electron chi connectivity index (χ1n) is 8.47. The minimum atomic E-state index is -0.591. The summed E-state index contributed by atoms with van der Waals surface area (Å²) in [6.45, 7) is 7.70. The van der Waals surface area contributed by atoms with Crippen molar-refractivity contribution in [3.63, 3.8) is 0 Å². The van der Waals surface area contributed by atoms with Crippen molar-refractivity contribution < 1.29 is 19.0 Å². The molecule has 1 aromatic heterocycles. The lowest BCUT2D eigenvalue weighted by Gasteiger charge is -2.22. The van der Waals surface area contributed by atoms with Crippen LogP contribution in [0.5, 0.6) is 5.75 Å². The van der Waals surface area contributed by atoms with E-state index in [-0.39, 0.29) is 6.10 Å². The number of hydrogen-bond donors (Lipinski definition) is 1. The summed E-state index contributed by atoms with van der Waals surface area (Å²) in [6, 6.07) is 9.83. The number of amides is 1. The first kappa shape index (κ1) is 19.7. The number of carbonyl (C=O) groups is 1. The Kier molecular flexibility index (Phi) is 6.58. The monoisotopic (exact) mass is 358 g/mol. The van der Waals surface area contributed by atoms with Crippen LogP contribution in [0.1, 0.15) is 44.9 Å². The second kappa shape index (κ2) is 8.67. The van der Waals surface area contributed by atoms with Gasteiger partial charge in [0.05, 0.1) is 24.2 Å². The van der Waals surface area contributed by atoms with Gasteiger partial charge >= 0.3 is 6.09 Å². The highest BCUT2D eigenvalue weighted by Crippen LogP contribution is 2.34. The van der Waals surface area contributed by atoms with Gasteiger partial charge < -0.3 is 14.2 Å². The lowest BCUT2D eigenvalue weighted by Crippen LogP contribution is -2.27. The summed E-state index contributed by atoms with van der Waals surface area (Å²) < 4.78 is 16.7. The molecule has 26 heavy (non-hydrogen) atoms. The molecule has 6 heteroatoms. The first-order valence-corrected chi connectivity index (χ1v) is 8.47. The number of nitrogens with one attached hydrogen (secondary N) is 1. The van der Waals surface area contributed by atoms with Gasteiger partial charge in [-0.05, 0) is 33.3 Å². The van der Waals surface area contributed by atoms with Crippen molar-refractivity contribution in [3.8, 4) is 5.75 Å². The Balaban J connectivity index is 2.23. The van der Waals surface area contributed by atoms with E-state index in [1.165, 1.54) is 0 Å². The normalized spacial score (nSPS) is 12.3. The van der Waals surface area contributed by atoms with E-state index in [0.29, 0.717) is 23.6 Å². The van der Waals surface area contributed by atoms with Crippen LogP contribution in [0.15, 0.2) is 42.7 Å². The standard InChI is InChI=1S/C20H26N2O4/c1-14(24-5)18-16(22-19(23)26-20(2,3)4)11-21-12-17(18)25-13-15-9-7-6-8-10-15/h6-12,14H,13H2,1-5H3,(H,22,23). The predicted molar refractivity (Wildman–Crippen MR) is 100 cm³/mol. The summed E-state index contributed by atoms with van der Waals surface area (Å²) in [7, 11) is 1.60. The number of methoxy groups -OCH3 is 1. The minimum Gasteiger partial charge on any atom is -0.487 e. The molecule has 1 amide bonds. The average molecular weight is 358 g/mol. The van der Waals surface area contributed by atoms with Crippen LogP contribution in [0.4, 0.5) is 10.5 Å². The first-order chi connectivity index (χ1) is 12.3. The summed E-state index contributed by atoms with van der Waals surface area (Å²) in [6.07, 6.45) is 2.33. The highest BCUT2D eigenvalue weighted by molar-refractivity contribution is 5.86. The quantitative estimate of drug-likeness (QED) is 0.809. The second-order valence-electron chi connectivity index (χ2n) is 6.88. The molecule has 2 aromatic rings. The van der Waals surface area contributed by atoms with E-state index in [0.717, 1.165) is 5.56 Å². The maximum absolute atomic E-state index is 12.1. The van der Waals surface area contributed by atoms with E-state index in [2.05, 4.69) is 10.3 Å². The van der Waals surface area contributed by atoms with Gasteiger partial charge in [0.25, 0.3) is 0 Å². The number of carbonyl (C=O) groups excluding carboxylic acids is 1. The zero-order chi connectivity index (χ0) is 19.2. The number of nitrogens with zero attached hydrogens (tertiary/aromatic N) is 1. The van der Waals surface area contributed by atoms with E-state index in [1.807, 2.05) is 58.0 Å². The molecule has 0 aliphatic rings. The lowest BCUT2D eigenvalue weighted by molar-refractivity contribution is 0.0634. The van der Waals surface area contributed by atoms with Gasteiger partial charge in [-0.2, -0.15) is 0 Å². The van der Waals surface area contributed by atoms with Crippen LogP contribution >= 0.6 is 0 Å². The van der Waals surface area contributed by atoms with E-state index >= 15 is 0 Å². The number of ether oxygens (including phenoxy) is 3. The summed E-state index contributed by atoms with van der Waals surface area (Å²) >= 11 is 0. The van der Waals surface area contributed by atoms with E-state index in [1.54, 1.807) is 19.5 Å². The van der Waals surface area contributed by atoms with Gasteiger partial charge in [0, 0.05) is 12.7 Å². The molecule has 1 aromatic carbocycles. The molecule has 0 spiro atoms.